The molecule has 0 fully saturated rings. The van der Waals surface area contributed by atoms with E-state index in [2.05, 4.69) is 14.7 Å². The largest absolute Gasteiger partial charge is 0.295 e. The maximum Gasteiger partial charge on any atom is 0.259 e. The van der Waals surface area contributed by atoms with E-state index in [1.807, 2.05) is 0 Å². The van der Waals surface area contributed by atoms with Gasteiger partial charge in [-0.3, -0.25) is 14.1 Å². The molecule has 2 heterocycles. The van der Waals surface area contributed by atoms with E-state index in [0.29, 0.717) is 21.8 Å². The number of anilines is 1. The minimum absolute atomic E-state index is 0.0967. The molecule has 0 aliphatic heterocycles. The number of nitrogens with zero attached hydrogens (tertiary/aromatic N) is 3. The van der Waals surface area contributed by atoms with Crippen LogP contribution in [0.3, 0.4) is 0 Å². The molecule has 7 nitrogen and oxygen atoms in total. The first kappa shape index (κ1) is 22.9. The predicted octanol–water partition coefficient (Wildman–Crippen LogP) is 3.94. The summed E-state index contributed by atoms with van der Waals surface area (Å²) in [6.45, 7) is 0. The number of fused-ring (bicyclic) bond motifs is 1. The molecule has 2 aromatic carbocycles. The molecular formula is C22H18F2N4O3S2. The highest BCUT2D eigenvalue weighted by Crippen LogP contribution is 2.29. The Morgan fingerprint density at radius 3 is 2.48 bits per heavy atom. The molecule has 0 aliphatic rings. The summed E-state index contributed by atoms with van der Waals surface area (Å²) in [6, 6.07) is 12.0. The standard InChI is InChI=1S/C22H18F2N4O3S2/c1-28-20-14(11-25-22(26-20)32-2)10-16(21(28)29)15-8-9-17(19(24)18(15)23)27-33(30,31)12-13-6-4-3-5-7-13/h3-11,27H,12H2,1-2H3. The summed E-state index contributed by atoms with van der Waals surface area (Å²) in [6.07, 6.45) is 3.29. The van der Waals surface area contributed by atoms with Crippen LogP contribution in [0.25, 0.3) is 22.2 Å². The summed E-state index contributed by atoms with van der Waals surface area (Å²) in [4.78, 5) is 21.3. The van der Waals surface area contributed by atoms with Gasteiger partial charge < -0.3 is 0 Å². The summed E-state index contributed by atoms with van der Waals surface area (Å²) in [7, 11) is -2.52. The smallest absolute Gasteiger partial charge is 0.259 e. The first-order valence-electron chi connectivity index (χ1n) is 9.63. The van der Waals surface area contributed by atoms with Gasteiger partial charge in [-0.15, -0.1) is 0 Å². The Labute approximate surface area is 192 Å². The van der Waals surface area contributed by atoms with E-state index in [4.69, 9.17) is 0 Å². The van der Waals surface area contributed by atoms with Gasteiger partial charge in [0.25, 0.3) is 5.56 Å². The third-order valence-electron chi connectivity index (χ3n) is 4.95. The van der Waals surface area contributed by atoms with E-state index >= 15 is 0 Å². The quantitative estimate of drug-likeness (QED) is 0.326. The maximum atomic E-state index is 15.0. The van der Waals surface area contributed by atoms with E-state index < -0.39 is 38.7 Å². The average Bonchev–Trinajstić information content (AvgIpc) is 2.80. The van der Waals surface area contributed by atoms with Gasteiger partial charge in [-0.2, -0.15) is 0 Å². The lowest BCUT2D eigenvalue weighted by atomic mass is 10.0. The van der Waals surface area contributed by atoms with Crippen molar-refractivity contribution in [1.82, 2.24) is 14.5 Å². The number of nitrogens with one attached hydrogen (secondary N) is 1. The lowest BCUT2D eigenvalue weighted by Gasteiger charge is -2.13. The number of benzene rings is 2. The van der Waals surface area contributed by atoms with Gasteiger partial charge in [-0.05, 0) is 30.0 Å². The van der Waals surface area contributed by atoms with Crippen LogP contribution in [-0.2, 0) is 22.8 Å². The molecule has 0 saturated carbocycles. The van der Waals surface area contributed by atoms with Crippen molar-refractivity contribution in [2.45, 2.75) is 10.9 Å². The van der Waals surface area contributed by atoms with E-state index in [-0.39, 0.29) is 11.1 Å². The number of halogens is 2. The molecule has 2 aromatic heterocycles. The Balaban J connectivity index is 1.73. The van der Waals surface area contributed by atoms with Crippen molar-refractivity contribution < 1.29 is 17.2 Å². The monoisotopic (exact) mass is 488 g/mol. The topological polar surface area (TPSA) is 94.0 Å². The molecule has 0 spiro atoms. The lowest BCUT2D eigenvalue weighted by Crippen LogP contribution is -2.21. The number of aromatic nitrogens is 3. The van der Waals surface area contributed by atoms with Gasteiger partial charge in [-0.1, -0.05) is 42.1 Å². The van der Waals surface area contributed by atoms with Crippen LogP contribution < -0.4 is 10.3 Å². The molecule has 0 amide bonds. The number of aryl methyl sites for hydroxylation is 1. The fourth-order valence-corrected chi connectivity index (χ4v) is 4.89. The fourth-order valence-electron chi connectivity index (χ4n) is 3.36. The normalized spacial score (nSPS) is 11.6. The Morgan fingerprint density at radius 2 is 1.79 bits per heavy atom. The SMILES string of the molecule is CSc1ncc2cc(-c3ccc(NS(=O)(=O)Cc4ccccc4)c(F)c3F)c(=O)n(C)c2n1. The highest BCUT2D eigenvalue weighted by molar-refractivity contribution is 7.98. The molecule has 4 aromatic rings. The lowest BCUT2D eigenvalue weighted by molar-refractivity contribution is 0.514. The number of pyridine rings is 1. The number of sulfonamides is 1. The highest BCUT2D eigenvalue weighted by Gasteiger charge is 2.21. The molecule has 0 atom stereocenters. The van der Waals surface area contributed by atoms with Crippen molar-refractivity contribution in [2.75, 3.05) is 11.0 Å². The summed E-state index contributed by atoms with van der Waals surface area (Å²) < 4.78 is 58.0. The van der Waals surface area contributed by atoms with Crippen molar-refractivity contribution in [2.24, 2.45) is 7.05 Å². The molecule has 4 rings (SSSR count). The zero-order valence-electron chi connectivity index (χ0n) is 17.5. The molecule has 33 heavy (non-hydrogen) atoms. The van der Waals surface area contributed by atoms with Gasteiger partial charge in [0.05, 0.1) is 17.0 Å². The minimum atomic E-state index is -4.00. The number of rotatable bonds is 6. The second-order valence-electron chi connectivity index (χ2n) is 7.19. The van der Waals surface area contributed by atoms with Gasteiger partial charge in [-0.25, -0.2) is 27.2 Å². The van der Waals surface area contributed by atoms with Crippen LogP contribution in [0, 0.1) is 11.6 Å². The Bertz CT molecular complexity index is 1520. The fraction of sp³-hybridized carbons (Fsp3) is 0.136. The molecular weight excluding hydrogens is 470 g/mol. The van der Waals surface area contributed by atoms with Crippen LogP contribution in [0.1, 0.15) is 5.56 Å². The van der Waals surface area contributed by atoms with Crippen molar-refractivity contribution in [1.29, 1.82) is 0 Å². The summed E-state index contributed by atoms with van der Waals surface area (Å²) in [5.74, 6) is -3.15. The van der Waals surface area contributed by atoms with E-state index in [0.717, 1.165) is 6.07 Å². The van der Waals surface area contributed by atoms with E-state index in [1.54, 1.807) is 36.6 Å². The molecule has 0 radical (unpaired) electrons. The maximum absolute atomic E-state index is 15.0. The molecule has 0 unspecified atom stereocenters. The third kappa shape index (κ3) is 4.60. The second-order valence-corrected chi connectivity index (χ2v) is 9.69. The minimum Gasteiger partial charge on any atom is -0.295 e. The summed E-state index contributed by atoms with van der Waals surface area (Å²) >= 11 is 1.31. The van der Waals surface area contributed by atoms with Crippen molar-refractivity contribution in [3.05, 3.63) is 82.3 Å². The number of hydrogen-bond donors (Lipinski definition) is 1. The molecule has 1 N–H and O–H groups in total. The third-order valence-corrected chi connectivity index (χ3v) is 6.75. The van der Waals surface area contributed by atoms with Crippen LogP contribution in [0.2, 0.25) is 0 Å². The Hall–Kier alpha value is -3.31. The van der Waals surface area contributed by atoms with Gasteiger partial charge in [0, 0.05) is 24.2 Å². The Morgan fingerprint density at radius 1 is 1.06 bits per heavy atom. The second kappa shape index (κ2) is 8.91. The molecule has 0 bridgehead atoms. The molecule has 170 valence electrons. The van der Waals surface area contributed by atoms with Crippen LogP contribution in [0.5, 0.6) is 0 Å². The highest BCUT2D eigenvalue weighted by atomic mass is 32.2. The zero-order valence-corrected chi connectivity index (χ0v) is 19.2. The van der Waals surface area contributed by atoms with Crippen LogP contribution in [-0.4, -0.2) is 29.2 Å². The Kier molecular flexibility index (Phi) is 6.17. The van der Waals surface area contributed by atoms with Crippen LogP contribution in [0.4, 0.5) is 14.5 Å². The molecule has 0 aliphatic carbocycles. The first-order valence-corrected chi connectivity index (χ1v) is 12.5. The van der Waals surface area contributed by atoms with Gasteiger partial charge in [0.1, 0.15) is 5.65 Å². The van der Waals surface area contributed by atoms with Crippen molar-refractivity contribution in [3.8, 4) is 11.1 Å². The predicted molar refractivity (Wildman–Crippen MR) is 125 cm³/mol. The van der Waals surface area contributed by atoms with Crippen LogP contribution >= 0.6 is 11.8 Å². The van der Waals surface area contributed by atoms with Crippen LogP contribution in [0.15, 0.2) is 64.7 Å². The average molecular weight is 489 g/mol. The van der Waals surface area contributed by atoms with E-state index in [9.17, 15) is 22.0 Å². The number of hydrogen-bond acceptors (Lipinski definition) is 6. The van der Waals surface area contributed by atoms with Crippen molar-refractivity contribution >= 4 is 38.5 Å². The first-order chi connectivity index (χ1) is 15.7. The summed E-state index contributed by atoms with van der Waals surface area (Å²) in [5.41, 5.74) is -0.666. The number of thioether (sulfide) groups is 1. The zero-order chi connectivity index (χ0) is 23.8. The van der Waals surface area contributed by atoms with Gasteiger partial charge >= 0.3 is 0 Å². The van der Waals surface area contributed by atoms with E-state index in [1.165, 1.54) is 41.7 Å². The molecule has 11 heteroatoms. The van der Waals surface area contributed by atoms with Gasteiger partial charge in [0.15, 0.2) is 16.8 Å². The molecule has 0 saturated heterocycles. The van der Waals surface area contributed by atoms with Gasteiger partial charge in [0.2, 0.25) is 10.0 Å². The summed E-state index contributed by atoms with van der Waals surface area (Å²) in [5, 5.41) is 0.937. The van der Waals surface area contributed by atoms with Crippen molar-refractivity contribution in [3.63, 3.8) is 0 Å².